The summed E-state index contributed by atoms with van der Waals surface area (Å²) in [7, 11) is -3.34. The van der Waals surface area contributed by atoms with Gasteiger partial charge in [0.15, 0.2) is 5.75 Å². The van der Waals surface area contributed by atoms with Gasteiger partial charge >= 0.3 is 0 Å². The average Bonchev–Trinajstić information content (AvgIpc) is 2.16. The Bertz CT molecular complexity index is 283. The normalized spacial score (nSPS) is 11.2. The third kappa shape index (κ3) is 10.0. The van der Waals surface area contributed by atoms with Crippen molar-refractivity contribution >= 4 is 21.8 Å². The first-order valence-electron chi connectivity index (χ1n) is 4.95. The van der Waals surface area contributed by atoms with E-state index in [0.29, 0.717) is 6.54 Å². The summed E-state index contributed by atoms with van der Waals surface area (Å²) in [6.45, 7) is 0.448. The summed E-state index contributed by atoms with van der Waals surface area (Å²) in [5, 5.41) is 8.23. The van der Waals surface area contributed by atoms with Gasteiger partial charge in [0.25, 0.3) is 0 Å². The fourth-order valence-electron chi connectivity index (χ4n) is 1.09. The van der Waals surface area contributed by atoms with Crippen LogP contribution in [-0.4, -0.2) is 32.7 Å². The molecule has 0 amide bonds. The van der Waals surface area contributed by atoms with Gasteiger partial charge in [0.2, 0.25) is 10.0 Å². The molecule has 4 nitrogen and oxygen atoms in total. The Labute approximate surface area is 96.5 Å². The Morgan fingerprint density at radius 2 is 1.93 bits per heavy atom. The molecule has 0 rings (SSSR count). The summed E-state index contributed by atoms with van der Waals surface area (Å²) in [6, 6.07) is 1.62. The molecule has 0 aliphatic heterocycles. The van der Waals surface area contributed by atoms with E-state index in [0.717, 1.165) is 19.3 Å². The van der Waals surface area contributed by atoms with Crippen molar-refractivity contribution in [1.29, 1.82) is 5.26 Å². The number of nitriles is 1. The summed E-state index contributed by atoms with van der Waals surface area (Å²) in [6.07, 6.45) is 6.29. The molecule has 0 unspecified atom stereocenters. The molecule has 0 heterocycles. The molecule has 88 valence electrons. The van der Waals surface area contributed by atoms with Crippen LogP contribution in [0.1, 0.15) is 25.7 Å². The predicted molar refractivity (Wildman–Crippen MR) is 64.3 cm³/mol. The van der Waals surface area contributed by atoms with E-state index in [4.69, 9.17) is 5.26 Å². The molecule has 0 saturated heterocycles. The smallest absolute Gasteiger partial charge is 0.214 e. The van der Waals surface area contributed by atoms with Crippen molar-refractivity contribution in [3.63, 3.8) is 0 Å². The summed E-state index contributed by atoms with van der Waals surface area (Å²) >= 11 is 1.83. The molecule has 0 aliphatic rings. The van der Waals surface area contributed by atoms with E-state index < -0.39 is 15.8 Å². The van der Waals surface area contributed by atoms with Crippen LogP contribution in [0.2, 0.25) is 0 Å². The van der Waals surface area contributed by atoms with Gasteiger partial charge in [0, 0.05) is 6.54 Å². The van der Waals surface area contributed by atoms with Gasteiger partial charge in [0.1, 0.15) is 0 Å². The minimum atomic E-state index is -3.34. The second-order valence-corrected chi connectivity index (χ2v) is 6.01. The number of nitrogens with one attached hydrogen (secondary N) is 1. The van der Waals surface area contributed by atoms with E-state index in [1.807, 2.05) is 11.8 Å². The molecule has 1 N–H and O–H groups in total. The van der Waals surface area contributed by atoms with Crippen LogP contribution in [0.3, 0.4) is 0 Å². The highest BCUT2D eigenvalue weighted by Crippen LogP contribution is 2.03. The monoisotopic (exact) mass is 250 g/mol. The second kappa shape index (κ2) is 9.01. The molecule has 0 fully saturated rings. The molecule has 0 aromatic heterocycles. The van der Waals surface area contributed by atoms with Crippen molar-refractivity contribution in [3.8, 4) is 6.07 Å². The van der Waals surface area contributed by atoms with Gasteiger partial charge < -0.3 is 0 Å². The van der Waals surface area contributed by atoms with Crippen molar-refractivity contribution < 1.29 is 8.42 Å². The maximum atomic E-state index is 11.0. The van der Waals surface area contributed by atoms with Crippen molar-refractivity contribution in [1.82, 2.24) is 4.72 Å². The van der Waals surface area contributed by atoms with Crippen LogP contribution in [-0.2, 0) is 10.0 Å². The molecule has 0 aliphatic carbocycles. The number of nitrogens with zero attached hydrogens (tertiary/aromatic N) is 1. The highest BCUT2D eigenvalue weighted by molar-refractivity contribution is 7.98. The number of hydrogen-bond donors (Lipinski definition) is 1. The number of unbranched alkanes of at least 4 members (excludes halogenated alkanes) is 3. The van der Waals surface area contributed by atoms with Crippen LogP contribution in [0.25, 0.3) is 0 Å². The van der Waals surface area contributed by atoms with E-state index >= 15 is 0 Å². The first-order valence-corrected chi connectivity index (χ1v) is 8.00. The van der Waals surface area contributed by atoms with Gasteiger partial charge in [0.05, 0.1) is 6.07 Å². The Hall–Kier alpha value is -0.250. The van der Waals surface area contributed by atoms with Crippen LogP contribution in [0.5, 0.6) is 0 Å². The highest BCUT2D eigenvalue weighted by Gasteiger charge is 2.06. The van der Waals surface area contributed by atoms with Crippen molar-refractivity contribution in [2.24, 2.45) is 0 Å². The van der Waals surface area contributed by atoms with Crippen LogP contribution in [0.4, 0.5) is 0 Å². The van der Waals surface area contributed by atoms with Crippen LogP contribution >= 0.6 is 11.8 Å². The highest BCUT2D eigenvalue weighted by atomic mass is 32.2. The molecule has 15 heavy (non-hydrogen) atoms. The Morgan fingerprint density at radius 1 is 1.27 bits per heavy atom. The summed E-state index contributed by atoms with van der Waals surface area (Å²) in [5.41, 5.74) is 0. The number of hydrogen-bond acceptors (Lipinski definition) is 4. The zero-order valence-corrected chi connectivity index (χ0v) is 10.7. The first kappa shape index (κ1) is 14.8. The number of thioether (sulfide) groups is 1. The average molecular weight is 250 g/mol. The van der Waals surface area contributed by atoms with Crippen LogP contribution < -0.4 is 4.72 Å². The van der Waals surface area contributed by atoms with E-state index in [9.17, 15) is 8.42 Å². The van der Waals surface area contributed by atoms with Gasteiger partial charge in [-0.2, -0.15) is 17.0 Å². The Morgan fingerprint density at radius 3 is 2.53 bits per heavy atom. The standard InChI is InChI=1S/C9H18N2O2S2/c1-14-8-5-3-2-4-7-11-15(12,13)9-6-10/h11H,2-5,7-9H2,1H3. The van der Waals surface area contributed by atoms with Crippen molar-refractivity contribution in [3.05, 3.63) is 0 Å². The van der Waals surface area contributed by atoms with Crippen molar-refractivity contribution in [2.75, 3.05) is 24.3 Å². The molecular weight excluding hydrogens is 232 g/mol. The molecule has 0 bridgehead atoms. The van der Waals surface area contributed by atoms with Gasteiger partial charge in [-0.25, -0.2) is 13.1 Å². The maximum Gasteiger partial charge on any atom is 0.225 e. The zero-order chi connectivity index (χ0) is 11.6. The molecule has 0 aromatic carbocycles. The lowest BCUT2D eigenvalue weighted by Gasteiger charge is -2.03. The van der Waals surface area contributed by atoms with E-state index in [1.165, 1.54) is 12.2 Å². The lowest BCUT2D eigenvalue weighted by Crippen LogP contribution is -2.26. The van der Waals surface area contributed by atoms with Gasteiger partial charge in [-0.3, -0.25) is 0 Å². The molecule has 0 aromatic rings. The van der Waals surface area contributed by atoms with Gasteiger partial charge in [-0.15, -0.1) is 0 Å². The summed E-state index contributed by atoms with van der Waals surface area (Å²) < 4.78 is 24.5. The quantitative estimate of drug-likeness (QED) is 0.627. The predicted octanol–water partition coefficient (Wildman–Crippen LogP) is 1.35. The molecule has 0 radical (unpaired) electrons. The second-order valence-electron chi connectivity index (χ2n) is 3.22. The topological polar surface area (TPSA) is 70.0 Å². The van der Waals surface area contributed by atoms with E-state index in [-0.39, 0.29) is 0 Å². The molecule has 0 spiro atoms. The zero-order valence-electron chi connectivity index (χ0n) is 9.03. The minimum absolute atomic E-state index is 0.445. The van der Waals surface area contributed by atoms with Gasteiger partial charge in [-0.05, 0) is 24.9 Å². The number of rotatable bonds is 9. The Balaban J connectivity index is 3.36. The largest absolute Gasteiger partial charge is 0.225 e. The molecule has 6 heteroatoms. The SMILES string of the molecule is CSCCCCCCNS(=O)(=O)CC#N. The van der Waals surface area contributed by atoms with Gasteiger partial charge in [-0.1, -0.05) is 12.8 Å². The fraction of sp³-hybridized carbons (Fsp3) is 0.889. The summed E-state index contributed by atoms with van der Waals surface area (Å²) in [4.78, 5) is 0. The fourth-order valence-corrected chi connectivity index (χ4v) is 2.31. The van der Waals surface area contributed by atoms with E-state index in [1.54, 1.807) is 6.07 Å². The first-order chi connectivity index (χ1) is 7.12. The molecule has 0 saturated carbocycles. The van der Waals surface area contributed by atoms with Crippen LogP contribution in [0, 0.1) is 11.3 Å². The summed E-state index contributed by atoms with van der Waals surface area (Å²) in [5.74, 6) is 0.722. The third-order valence-electron chi connectivity index (χ3n) is 1.85. The molecule has 0 atom stereocenters. The van der Waals surface area contributed by atoms with Crippen molar-refractivity contribution in [2.45, 2.75) is 25.7 Å². The van der Waals surface area contributed by atoms with E-state index in [2.05, 4.69) is 11.0 Å². The minimum Gasteiger partial charge on any atom is -0.214 e. The molecular formula is C9H18N2O2S2. The Kier molecular flexibility index (Phi) is 8.86. The lowest BCUT2D eigenvalue weighted by atomic mass is 10.2. The third-order valence-corrected chi connectivity index (χ3v) is 3.70. The maximum absolute atomic E-state index is 11.0. The van der Waals surface area contributed by atoms with Crippen LogP contribution in [0.15, 0.2) is 0 Å². The lowest BCUT2D eigenvalue weighted by molar-refractivity contribution is 0.577. The number of sulfonamides is 1.